The Balaban J connectivity index is 2.06. The van der Waals surface area contributed by atoms with Gasteiger partial charge in [-0.05, 0) is 24.6 Å². The molecular formula is C15H20N4O2S. The number of hydrogen-bond acceptors (Lipinski definition) is 4. The molecule has 0 N–H and O–H groups in total. The Labute approximate surface area is 131 Å². The van der Waals surface area contributed by atoms with Crippen LogP contribution in [0, 0.1) is 0 Å². The molecule has 0 radical (unpaired) electrons. The van der Waals surface area contributed by atoms with Crippen LogP contribution in [0.5, 0.6) is 0 Å². The predicted octanol–water partition coefficient (Wildman–Crippen LogP) is 1.45. The van der Waals surface area contributed by atoms with Crippen LogP contribution < -0.4 is 4.90 Å². The van der Waals surface area contributed by atoms with Gasteiger partial charge in [0.2, 0.25) is 0 Å². The lowest BCUT2D eigenvalue weighted by Crippen LogP contribution is -2.42. The molecule has 2 aromatic rings. The van der Waals surface area contributed by atoms with Crippen LogP contribution in [0.2, 0.25) is 0 Å². The average Bonchev–Trinajstić information content (AvgIpc) is 2.86. The molecule has 0 amide bonds. The van der Waals surface area contributed by atoms with Gasteiger partial charge in [0.05, 0.1) is 6.20 Å². The molecule has 0 saturated heterocycles. The van der Waals surface area contributed by atoms with Crippen molar-refractivity contribution in [1.29, 1.82) is 0 Å². The van der Waals surface area contributed by atoms with E-state index in [9.17, 15) is 8.42 Å². The zero-order valence-corrected chi connectivity index (χ0v) is 13.8. The van der Waals surface area contributed by atoms with E-state index in [1.165, 1.54) is 10.9 Å². The van der Waals surface area contributed by atoms with Crippen LogP contribution in [0.15, 0.2) is 41.6 Å². The van der Waals surface area contributed by atoms with Crippen molar-refractivity contribution in [3.8, 4) is 0 Å². The van der Waals surface area contributed by atoms with Gasteiger partial charge in [-0.2, -0.15) is 9.40 Å². The van der Waals surface area contributed by atoms with Crippen molar-refractivity contribution >= 4 is 15.7 Å². The summed E-state index contributed by atoms with van der Waals surface area (Å²) in [6, 6.07) is 9.35. The lowest BCUT2D eigenvalue weighted by molar-refractivity contribution is 0.337. The minimum Gasteiger partial charge on any atom is -0.373 e. The lowest BCUT2D eigenvalue weighted by Gasteiger charge is -2.27. The summed E-state index contributed by atoms with van der Waals surface area (Å²) in [5, 5.41) is 4.21. The fraction of sp³-hybridized carbons (Fsp3) is 0.400. The van der Waals surface area contributed by atoms with Crippen molar-refractivity contribution in [3.05, 3.63) is 42.1 Å². The second-order valence-electron chi connectivity index (χ2n) is 5.70. The van der Waals surface area contributed by atoms with E-state index in [2.05, 4.69) is 10.00 Å². The highest BCUT2D eigenvalue weighted by atomic mass is 32.2. The van der Waals surface area contributed by atoms with Crippen LogP contribution in [0.25, 0.3) is 0 Å². The maximum Gasteiger partial charge on any atom is 0.260 e. The fourth-order valence-electron chi connectivity index (χ4n) is 2.98. The molecule has 0 fully saturated rings. The number of nitrogens with zero attached hydrogens (tertiary/aromatic N) is 4. The minimum atomic E-state index is -3.58. The summed E-state index contributed by atoms with van der Waals surface area (Å²) in [7, 11) is 0.0629. The van der Waals surface area contributed by atoms with Gasteiger partial charge in [0.25, 0.3) is 10.0 Å². The molecule has 3 rings (SSSR count). The lowest BCUT2D eigenvalue weighted by atomic mass is 10.1. The molecule has 1 aliphatic heterocycles. The highest BCUT2D eigenvalue weighted by Crippen LogP contribution is 2.29. The number of aromatic nitrogens is 2. The second kappa shape index (κ2) is 5.40. The Kier molecular flexibility index (Phi) is 3.70. The molecule has 0 saturated carbocycles. The first-order chi connectivity index (χ1) is 10.4. The van der Waals surface area contributed by atoms with Crippen LogP contribution in [-0.2, 0) is 23.6 Å². The summed E-state index contributed by atoms with van der Waals surface area (Å²) in [5.41, 5.74) is 2.09. The molecule has 6 nitrogen and oxygen atoms in total. The molecular weight excluding hydrogens is 300 g/mol. The van der Waals surface area contributed by atoms with Gasteiger partial charge in [0.15, 0.2) is 5.03 Å². The Morgan fingerprint density at radius 1 is 1.18 bits per heavy atom. The van der Waals surface area contributed by atoms with Crippen molar-refractivity contribution in [2.75, 3.05) is 18.5 Å². The second-order valence-corrected chi connectivity index (χ2v) is 7.54. The van der Waals surface area contributed by atoms with Crippen LogP contribution in [0.4, 0.5) is 5.69 Å². The molecule has 0 bridgehead atoms. The number of fused-ring (bicyclic) bond motifs is 1. The first-order valence-electron chi connectivity index (χ1n) is 7.20. The molecule has 118 valence electrons. The van der Waals surface area contributed by atoms with Gasteiger partial charge in [-0.3, -0.25) is 4.68 Å². The van der Waals surface area contributed by atoms with E-state index in [0.29, 0.717) is 13.1 Å². The highest BCUT2D eigenvalue weighted by molar-refractivity contribution is 7.89. The first kappa shape index (κ1) is 15.1. The molecule has 7 heteroatoms. The number of anilines is 1. The fourth-order valence-corrected chi connectivity index (χ4v) is 4.69. The number of aryl methyl sites for hydroxylation is 1. The molecule has 0 aliphatic carbocycles. The number of benzene rings is 1. The standard InChI is InChI=1S/C15H20N4O2S/c1-12-10-17(2)14-7-5-4-6-13(14)11-19(12)22(20,21)15-8-9-16-18(15)3/h4-9,12H,10-11H2,1-3H3. The molecule has 1 unspecified atom stereocenters. The van der Waals surface area contributed by atoms with Crippen molar-refractivity contribution in [3.63, 3.8) is 0 Å². The molecule has 1 aliphatic rings. The summed E-state index contributed by atoms with van der Waals surface area (Å²) in [4.78, 5) is 2.11. The van der Waals surface area contributed by atoms with E-state index < -0.39 is 10.0 Å². The maximum atomic E-state index is 13.0. The van der Waals surface area contributed by atoms with E-state index in [0.717, 1.165) is 11.3 Å². The van der Waals surface area contributed by atoms with E-state index in [1.54, 1.807) is 17.4 Å². The zero-order chi connectivity index (χ0) is 15.9. The van der Waals surface area contributed by atoms with Crippen molar-refractivity contribution < 1.29 is 8.42 Å². The summed E-state index contributed by atoms with van der Waals surface area (Å²) < 4.78 is 29.0. The largest absolute Gasteiger partial charge is 0.373 e. The molecule has 22 heavy (non-hydrogen) atoms. The van der Waals surface area contributed by atoms with Gasteiger partial charge in [0, 0.05) is 38.9 Å². The van der Waals surface area contributed by atoms with E-state index >= 15 is 0 Å². The molecule has 1 aromatic heterocycles. The zero-order valence-electron chi connectivity index (χ0n) is 13.0. The Morgan fingerprint density at radius 3 is 2.59 bits per heavy atom. The summed E-state index contributed by atoms with van der Waals surface area (Å²) >= 11 is 0. The summed E-state index contributed by atoms with van der Waals surface area (Å²) in [5.74, 6) is 0. The third kappa shape index (κ3) is 2.40. The monoisotopic (exact) mass is 320 g/mol. The first-order valence-corrected chi connectivity index (χ1v) is 8.64. The van der Waals surface area contributed by atoms with Gasteiger partial charge >= 0.3 is 0 Å². The van der Waals surface area contributed by atoms with E-state index in [-0.39, 0.29) is 11.1 Å². The molecule has 0 spiro atoms. The van der Waals surface area contributed by atoms with Gasteiger partial charge in [0.1, 0.15) is 0 Å². The number of rotatable bonds is 2. The quantitative estimate of drug-likeness (QED) is 0.840. The topological polar surface area (TPSA) is 58.4 Å². The van der Waals surface area contributed by atoms with Gasteiger partial charge in [-0.25, -0.2) is 8.42 Å². The Hall–Kier alpha value is -1.86. The number of likely N-dealkylation sites (N-methyl/N-ethyl adjacent to an activating group) is 1. The smallest absolute Gasteiger partial charge is 0.260 e. The predicted molar refractivity (Wildman–Crippen MR) is 85.1 cm³/mol. The van der Waals surface area contributed by atoms with E-state index in [4.69, 9.17) is 0 Å². The van der Waals surface area contributed by atoms with Crippen molar-refractivity contribution in [1.82, 2.24) is 14.1 Å². The van der Waals surface area contributed by atoms with Crippen molar-refractivity contribution in [2.24, 2.45) is 7.05 Å². The maximum absolute atomic E-state index is 13.0. The van der Waals surface area contributed by atoms with Crippen LogP contribution >= 0.6 is 0 Å². The number of para-hydroxylation sites is 1. The number of sulfonamides is 1. The highest BCUT2D eigenvalue weighted by Gasteiger charge is 2.34. The Bertz CT molecular complexity index is 784. The van der Waals surface area contributed by atoms with Crippen LogP contribution in [0.1, 0.15) is 12.5 Å². The van der Waals surface area contributed by atoms with Gasteiger partial charge < -0.3 is 4.90 Å². The van der Waals surface area contributed by atoms with Gasteiger partial charge in [-0.1, -0.05) is 18.2 Å². The summed E-state index contributed by atoms with van der Waals surface area (Å²) in [6.45, 7) is 2.96. The van der Waals surface area contributed by atoms with Crippen molar-refractivity contribution in [2.45, 2.75) is 24.5 Å². The van der Waals surface area contributed by atoms with Crippen LogP contribution in [-0.4, -0.2) is 42.1 Å². The average molecular weight is 320 g/mol. The molecule has 1 aromatic carbocycles. The SMILES string of the molecule is CC1CN(C)c2ccccc2CN1S(=O)(=O)c1ccnn1C. The minimum absolute atomic E-state index is 0.128. The molecule has 1 atom stereocenters. The Morgan fingerprint density at radius 2 is 1.91 bits per heavy atom. The van der Waals surface area contributed by atoms with E-state index in [1.807, 2.05) is 38.2 Å². The van der Waals surface area contributed by atoms with Gasteiger partial charge in [-0.15, -0.1) is 0 Å². The van der Waals surface area contributed by atoms with Crippen LogP contribution in [0.3, 0.4) is 0 Å². The molecule has 2 heterocycles. The summed E-state index contributed by atoms with van der Waals surface area (Å²) in [6.07, 6.45) is 1.51. The number of hydrogen-bond donors (Lipinski definition) is 0. The normalized spacial score (nSPS) is 19.8. The third-order valence-corrected chi connectivity index (χ3v) is 6.14. The third-order valence-electron chi connectivity index (χ3n) is 4.11.